The Labute approximate surface area is 186 Å². The van der Waals surface area contributed by atoms with E-state index in [0.29, 0.717) is 44.5 Å². The van der Waals surface area contributed by atoms with Gasteiger partial charge in [0.25, 0.3) is 0 Å². The number of benzene rings is 4. The molecule has 0 fully saturated rings. The van der Waals surface area contributed by atoms with E-state index in [1.54, 1.807) is 64.1 Å². The first kappa shape index (κ1) is 21.3. The Morgan fingerprint density at radius 1 is 0.500 bits per heavy atom. The van der Waals surface area contributed by atoms with Crippen LogP contribution in [0.1, 0.15) is 54.1 Å². The first-order valence-corrected chi connectivity index (χ1v) is 10.4. The number of rotatable bonds is 4. The van der Waals surface area contributed by atoms with E-state index in [1.807, 2.05) is 24.3 Å². The maximum atomic E-state index is 13.0. The Morgan fingerprint density at radius 3 is 1.12 bits per heavy atom. The third-order valence-corrected chi connectivity index (χ3v) is 5.87. The second-order valence-corrected chi connectivity index (χ2v) is 8.35. The van der Waals surface area contributed by atoms with Crippen molar-refractivity contribution in [1.29, 1.82) is 0 Å². The van der Waals surface area contributed by atoms with Crippen LogP contribution in [-0.4, -0.2) is 21.8 Å². The van der Waals surface area contributed by atoms with Crippen LogP contribution in [0, 0.1) is 27.7 Å². The highest BCUT2D eigenvalue weighted by Crippen LogP contribution is 2.27. The fraction of sp³-hybridized carbons (Fsp3) is 0.143. The molecule has 0 heterocycles. The van der Waals surface area contributed by atoms with Gasteiger partial charge in [0.05, 0.1) is 0 Å². The zero-order valence-corrected chi connectivity index (χ0v) is 18.5. The number of fused-ring (bicyclic) bond motifs is 1. The van der Waals surface area contributed by atoms with Crippen LogP contribution in [0.4, 0.5) is 0 Å². The van der Waals surface area contributed by atoms with E-state index in [4.69, 9.17) is 0 Å². The lowest BCUT2D eigenvalue weighted by Gasteiger charge is -2.10. The first-order chi connectivity index (χ1) is 15.2. The highest BCUT2D eigenvalue weighted by atomic mass is 16.3. The van der Waals surface area contributed by atoms with Gasteiger partial charge in [-0.3, -0.25) is 9.59 Å². The standard InChI is InChI=1S/C28H24O4/c1-15-9-23(10-16(2)25(15)29)27(31)21-7-5-20-14-22(8-6-19(20)13-21)28(32)24-11-17(3)26(30)18(4)12-24/h5-14,29-30H,1-4H3. The molecule has 0 radical (unpaired) electrons. The van der Waals surface area contributed by atoms with Crippen molar-refractivity contribution in [3.63, 3.8) is 0 Å². The smallest absolute Gasteiger partial charge is 0.193 e. The molecule has 0 aliphatic carbocycles. The largest absolute Gasteiger partial charge is 0.507 e. The van der Waals surface area contributed by atoms with Crippen LogP contribution in [0.2, 0.25) is 0 Å². The highest BCUT2D eigenvalue weighted by Gasteiger charge is 2.15. The van der Waals surface area contributed by atoms with Gasteiger partial charge >= 0.3 is 0 Å². The summed E-state index contributed by atoms with van der Waals surface area (Å²) in [6, 6.07) is 17.6. The number of carbonyl (C=O) groups is 2. The Balaban J connectivity index is 1.68. The lowest BCUT2D eigenvalue weighted by molar-refractivity contribution is 0.103. The third kappa shape index (κ3) is 3.76. The predicted molar refractivity (Wildman–Crippen MR) is 126 cm³/mol. The minimum absolute atomic E-state index is 0.117. The zero-order chi connectivity index (χ0) is 23.2. The second-order valence-electron chi connectivity index (χ2n) is 8.35. The molecule has 0 aromatic heterocycles. The molecule has 0 saturated carbocycles. The van der Waals surface area contributed by atoms with Gasteiger partial charge in [-0.05, 0) is 97.1 Å². The van der Waals surface area contributed by atoms with Crippen molar-refractivity contribution in [2.45, 2.75) is 27.7 Å². The summed E-state index contributed by atoms with van der Waals surface area (Å²) in [5, 5.41) is 21.7. The summed E-state index contributed by atoms with van der Waals surface area (Å²) in [5.41, 5.74) is 4.81. The minimum Gasteiger partial charge on any atom is -0.507 e. The molecule has 0 amide bonds. The maximum Gasteiger partial charge on any atom is 0.193 e. The molecular weight excluding hydrogens is 400 g/mol. The Kier molecular flexibility index (Phi) is 5.31. The topological polar surface area (TPSA) is 74.6 Å². The summed E-state index contributed by atoms with van der Waals surface area (Å²) in [6.45, 7) is 7.09. The zero-order valence-electron chi connectivity index (χ0n) is 18.5. The van der Waals surface area contributed by atoms with E-state index >= 15 is 0 Å². The Hall–Kier alpha value is -3.92. The van der Waals surface area contributed by atoms with E-state index < -0.39 is 0 Å². The van der Waals surface area contributed by atoms with Gasteiger partial charge in [0.15, 0.2) is 11.6 Å². The lowest BCUT2D eigenvalue weighted by atomic mass is 9.94. The van der Waals surface area contributed by atoms with Gasteiger partial charge in [0, 0.05) is 22.3 Å². The SMILES string of the molecule is Cc1cc(C(=O)c2ccc3cc(C(=O)c4cc(C)c(O)c(C)c4)ccc3c2)cc(C)c1O. The molecule has 2 N–H and O–H groups in total. The summed E-state index contributed by atoms with van der Waals surface area (Å²) in [6.07, 6.45) is 0. The van der Waals surface area contributed by atoms with Gasteiger partial charge in [-0.15, -0.1) is 0 Å². The summed E-state index contributed by atoms with van der Waals surface area (Å²) in [4.78, 5) is 26.0. The average Bonchev–Trinajstić information content (AvgIpc) is 2.78. The number of ketones is 2. The molecule has 4 nitrogen and oxygen atoms in total. The molecule has 0 aliphatic heterocycles. The highest BCUT2D eigenvalue weighted by molar-refractivity contribution is 6.13. The molecule has 160 valence electrons. The van der Waals surface area contributed by atoms with Crippen LogP contribution in [0.15, 0.2) is 60.7 Å². The maximum absolute atomic E-state index is 13.0. The van der Waals surface area contributed by atoms with Crippen LogP contribution in [0.5, 0.6) is 11.5 Å². The molecule has 4 aromatic rings. The number of hydrogen-bond donors (Lipinski definition) is 2. The van der Waals surface area contributed by atoms with E-state index in [1.165, 1.54) is 0 Å². The van der Waals surface area contributed by atoms with Gasteiger partial charge in [-0.2, -0.15) is 0 Å². The molecule has 0 atom stereocenters. The molecule has 0 spiro atoms. The van der Waals surface area contributed by atoms with Crippen molar-refractivity contribution in [2.24, 2.45) is 0 Å². The van der Waals surface area contributed by atoms with Crippen LogP contribution >= 0.6 is 0 Å². The quantitative estimate of drug-likeness (QED) is 0.397. The number of aryl methyl sites for hydroxylation is 4. The first-order valence-electron chi connectivity index (χ1n) is 10.4. The van der Waals surface area contributed by atoms with Crippen LogP contribution < -0.4 is 0 Å². The van der Waals surface area contributed by atoms with Gasteiger partial charge in [0.1, 0.15) is 11.5 Å². The fourth-order valence-corrected chi connectivity index (χ4v) is 4.04. The minimum atomic E-state index is -0.117. The summed E-state index contributed by atoms with van der Waals surface area (Å²) in [7, 11) is 0. The van der Waals surface area contributed by atoms with E-state index in [0.717, 1.165) is 10.8 Å². The molecule has 0 unspecified atom stereocenters. The van der Waals surface area contributed by atoms with E-state index in [2.05, 4.69) is 0 Å². The monoisotopic (exact) mass is 424 g/mol. The normalized spacial score (nSPS) is 11.0. The number of carbonyl (C=O) groups excluding carboxylic acids is 2. The second kappa shape index (κ2) is 7.97. The number of phenols is 2. The van der Waals surface area contributed by atoms with Crippen molar-refractivity contribution in [1.82, 2.24) is 0 Å². The summed E-state index contributed by atoms with van der Waals surface area (Å²) < 4.78 is 0. The van der Waals surface area contributed by atoms with Crippen LogP contribution in [0.3, 0.4) is 0 Å². The molecule has 0 saturated heterocycles. The summed E-state index contributed by atoms with van der Waals surface area (Å²) >= 11 is 0. The lowest BCUT2D eigenvalue weighted by Crippen LogP contribution is -2.04. The molecule has 4 aromatic carbocycles. The van der Waals surface area contributed by atoms with Gasteiger partial charge in [0.2, 0.25) is 0 Å². The molecule has 4 heteroatoms. The molecule has 32 heavy (non-hydrogen) atoms. The summed E-state index contributed by atoms with van der Waals surface area (Å²) in [5.74, 6) is 0.175. The Morgan fingerprint density at radius 2 is 0.812 bits per heavy atom. The molecular formula is C28H24O4. The van der Waals surface area contributed by atoms with Crippen molar-refractivity contribution in [3.8, 4) is 11.5 Å². The molecule has 0 bridgehead atoms. The predicted octanol–water partition coefficient (Wildman–Crippen LogP) is 5.95. The fourth-order valence-electron chi connectivity index (χ4n) is 4.04. The van der Waals surface area contributed by atoms with Crippen molar-refractivity contribution in [3.05, 3.63) is 105 Å². The average molecular weight is 424 g/mol. The van der Waals surface area contributed by atoms with E-state index in [9.17, 15) is 19.8 Å². The van der Waals surface area contributed by atoms with Crippen molar-refractivity contribution >= 4 is 22.3 Å². The molecule has 4 rings (SSSR count). The van der Waals surface area contributed by atoms with Crippen molar-refractivity contribution in [2.75, 3.05) is 0 Å². The molecule has 0 aliphatic rings. The van der Waals surface area contributed by atoms with Gasteiger partial charge in [-0.1, -0.05) is 24.3 Å². The van der Waals surface area contributed by atoms with E-state index in [-0.39, 0.29) is 23.1 Å². The van der Waals surface area contributed by atoms with Gasteiger partial charge < -0.3 is 10.2 Å². The Bertz CT molecular complexity index is 1260. The van der Waals surface area contributed by atoms with Crippen LogP contribution in [0.25, 0.3) is 10.8 Å². The third-order valence-electron chi connectivity index (χ3n) is 5.87. The number of hydrogen-bond acceptors (Lipinski definition) is 4. The van der Waals surface area contributed by atoms with Crippen LogP contribution in [-0.2, 0) is 0 Å². The number of aromatic hydroxyl groups is 2. The van der Waals surface area contributed by atoms with Crippen molar-refractivity contribution < 1.29 is 19.8 Å². The number of phenolic OH excluding ortho intramolecular Hbond substituents is 2. The van der Waals surface area contributed by atoms with Gasteiger partial charge in [-0.25, -0.2) is 0 Å².